The lowest BCUT2D eigenvalue weighted by atomic mass is 10.1. The van der Waals surface area contributed by atoms with Gasteiger partial charge in [-0.3, -0.25) is 0 Å². The minimum absolute atomic E-state index is 0.128. The number of aliphatic hydroxyl groups is 2. The predicted octanol–water partition coefficient (Wildman–Crippen LogP) is 2.71. The fourth-order valence-corrected chi connectivity index (χ4v) is 2.40. The monoisotopic (exact) mass is 301 g/mol. The number of nitrogens with zero attached hydrogens (tertiary/aromatic N) is 1. The molecule has 3 nitrogen and oxygen atoms in total. The molecular formula is C13H20BrNO2. The van der Waals surface area contributed by atoms with Crippen molar-refractivity contribution in [1.82, 2.24) is 0 Å². The first-order chi connectivity index (χ1) is 7.97. The first-order valence-corrected chi connectivity index (χ1v) is 6.61. The van der Waals surface area contributed by atoms with Gasteiger partial charge in [0.05, 0.1) is 18.4 Å². The zero-order chi connectivity index (χ0) is 13.0. The smallest absolute Gasteiger partial charge is 0.0762 e. The second kappa shape index (κ2) is 6.38. The van der Waals surface area contributed by atoms with Gasteiger partial charge in [0.1, 0.15) is 0 Å². The van der Waals surface area contributed by atoms with Crippen LogP contribution in [-0.2, 0) is 0 Å². The number of hydrogen-bond donors (Lipinski definition) is 2. The van der Waals surface area contributed by atoms with E-state index in [9.17, 15) is 5.11 Å². The highest BCUT2D eigenvalue weighted by atomic mass is 79.9. The van der Waals surface area contributed by atoms with Gasteiger partial charge in [-0.2, -0.15) is 0 Å². The molecule has 0 aliphatic carbocycles. The van der Waals surface area contributed by atoms with Crippen LogP contribution in [0.3, 0.4) is 0 Å². The number of halogens is 1. The summed E-state index contributed by atoms with van der Waals surface area (Å²) in [7, 11) is 0. The Morgan fingerprint density at radius 2 is 1.94 bits per heavy atom. The Labute approximate surface area is 111 Å². The van der Waals surface area contributed by atoms with Crippen LogP contribution in [0.1, 0.15) is 32.4 Å². The van der Waals surface area contributed by atoms with Crippen molar-refractivity contribution in [2.75, 3.05) is 18.1 Å². The maximum absolute atomic E-state index is 9.52. The van der Waals surface area contributed by atoms with Gasteiger partial charge in [-0.05, 0) is 54.4 Å². The molecule has 1 aromatic carbocycles. The van der Waals surface area contributed by atoms with Crippen LogP contribution in [0, 0.1) is 0 Å². The van der Waals surface area contributed by atoms with Gasteiger partial charge in [0.25, 0.3) is 0 Å². The van der Waals surface area contributed by atoms with E-state index in [1.165, 1.54) is 0 Å². The van der Waals surface area contributed by atoms with Crippen molar-refractivity contribution in [3.05, 3.63) is 28.2 Å². The van der Waals surface area contributed by atoms with Gasteiger partial charge in [0, 0.05) is 17.1 Å². The van der Waals surface area contributed by atoms with Crippen molar-refractivity contribution >= 4 is 21.6 Å². The highest BCUT2D eigenvalue weighted by Gasteiger charge is 2.14. The van der Waals surface area contributed by atoms with Gasteiger partial charge < -0.3 is 15.1 Å². The molecule has 0 aliphatic heterocycles. The lowest BCUT2D eigenvalue weighted by molar-refractivity contribution is 0.199. The Kier molecular flexibility index (Phi) is 5.43. The maximum Gasteiger partial charge on any atom is 0.0762 e. The SMILES string of the molecule is CC(O)c1ccc(N(CCO)C(C)C)c(Br)c1. The zero-order valence-corrected chi connectivity index (χ0v) is 12.1. The summed E-state index contributed by atoms with van der Waals surface area (Å²) in [6.07, 6.45) is -0.467. The van der Waals surface area contributed by atoms with E-state index in [1.54, 1.807) is 6.92 Å². The molecule has 1 aromatic rings. The van der Waals surface area contributed by atoms with Crippen molar-refractivity contribution < 1.29 is 10.2 Å². The van der Waals surface area contributed by atoms with Gasteiger partial charge in [-0.15, -0.1) is 0 Å². The minimum atomic E-state index is -0.467. The van der Waals surface area contributed by atoms with Crippen molar-refractivity contribution in [2.24, 2.45) is 0 Å². The van der Waals surface area contributed by atoms with Crippen molar-refractivity contribution in [3.63, 3.8) is 0 Å². The summed E-state index contributed by atoms with van der Waals surface area (Å²) in [6, 6.07) is 6.13. The molecule has 0 saturated carbocycles. The fourth-order valence-electron chi connectivity index (χ4n) is 1.78. The molecule has 0 amide bonds. The molecule has 17 heavy (non-hydrogen) atoms. The second-order valence-electron chi connectivity index (χ2n) is 4.40. The van der Waals surface area contributed by atoms with Crippen LogP contribution in [-0.4, -0.2) is 29.4 Å². The molecule has 0 heterocycles. The van der Waals surface area contributed by atoms with Gasteiger partial charge in [-0.25, -0.2) is 0 Å². The summed E-state index contributed by atoms with van der Waals surface area (Å²) < 4.78 is 0.943. The van der Waals surface area contributed by atoms with Crippen LogP contribution < -0.4 is 4.90 Å². The number of anilines is 1. The predicted molar refractivity (Wildman–Crippen MR) is 74.3 cm³/mol. The van der Waals surface area contributed by atoms with E-state index in [1.807, 2.05) is 18.2 Å². The molecule has 0 aromatic heterocycles. The minimum Gasteiger partial charge on any atom is -0.395 e. The number of benzene rings is 1. The first kappa shape index (κ1) is 14.5. The molecule has 96 valence electrons. The number of rotatable bonds is 5. The van der Waals surface area contributed by atoms with E-state index in [-0.39, 0.29) is 6.61 Å². The fraction of sp³-hybridized carbons (Fsp3) is 0.538. The zero-order valence-electron chi connectivity index (χ0n) is 10.5. The molecule has 1 unspecified atom stereocenters. The third-order valence-electron chi connectivity index (χ3n) is 2.73. The number of hydrogen-bond acceptors (Lipinski definition) is 3. The summed E-state index contributed by atoms with van der Waals surface area (Å²) in [5.41, 5.74) is 1.92. The highest BCUT2D eigenvalue weighted by molar-refractivity contribution is 9.10. The Balaban J connectivity index is 3.04. The van der Waals surface area contributed by atoms with Crippen molar-refractivity contribution in [2.45, 2.75) is 32.9 Å². The number of aliphatic hydroxyl groups excluding tert-OH is 2. The molecule has 0 saturated heterocycles. The molecule has 1 rings (SSSR count). The Hall–Kier alpha value is -0.580. The lowest BCUT2D eigenvalue weighted by Gasteiger charge is -2.29. The summed E-state index contributed by atoms with van der Waals surface area (Å²) in [5, 5.41) is 18.6. The normalized spacial score (nSPS) is 12.9. The lowest BCUT2D eigenvalue weighted by Crippen LogP contribution is -2.33. The Morgan fingerprint density at radius 3 is 2.35 bits per heavy atom. The van der Waals surface area contributed by atoms with E-state index >= 15 is 0 Å². The van der Waals surface area contributed by atoms with Crippen LogP contribution in [0.25, 0.3) is 0 Å². The van der Waals surface area contributed by atoms with Gasteiger partial charge in [0.2, 0.25) is 0 Å². The van der Waals surface area contributed by atoms with E-state index < -0.39 is 6.10 Å². The third-order valence-corrected chi connectivity index (χ3v) is 3.36. The second-order valence-corrected chi connectivity index (χ2v) is 5.25. The summed E-state index contributed by atoms with van der Waals surface area (Å²) in [6.45, 7) is 6.65. The van der Waals surface area contributed by atoms with Crippen LogP contribution in [0.2, 0.25) is 0 Å². The van der Waals surface area contributed by atoms with Crippen LogP contribution in [0.4, 0.5) is 5.69 Å². The third kappa shape index (κ3) is 3.69. The van der Waals surface area contributed by atoms with E-state index in [2.05, 4.69) is 34.7 Å². The topological polar surface area (TPSA) is 43.7 Å². The molecule has 1 atom stereocenters. The average molecular weight is 302 g/mol. The van der Waals surface area contributed by atoms with Crippen LogP contribution >= 0.6 is 15.9 Å². The van der Waals surface area contributed by atoms with E-state index in [0.29, 0.717) is 12.6 Å². The summed E-state index contributed by atoms with van der Waals surface area (Å²) in [4.78, 5) is 2.12. The Bertz CT molecular complexity index is 366. The molecule has 0 fully saturated rings. The molecule has 0 radical (unpaired) electrons. The van der Waals surface area contributed by atoms with Crippen molar-refractivity contribution in [3.8, 4) is 0 Å². The van der Waals surface area contributed by atoms with Crippen LogP contribution in [0.5, 0.6) is 0 Å². The molecule has 2 N–H and O–H groups in total. The van der Waals surface area contributed by atoms with Gasteiger partial charge >= 0.3 is 0 Å². The van der Waals surface area contributed by atoms with E-state index in [4.69, 9.17) is 5.11 Å². The molecular weight excluding hydrogens is 282 g/mol. The summed E-state index contributed by atoms with van der Waals surface area (Å²) in [5.74, 6) is 0. The quantitative estimate of drug-likeness (QED) is 0.879. The molecule has 4 heteroatoms. The Morgan fingerprint density at radius 1 is 1.29 bits per heavy atom. The van der Waals surface area contributed by atoms with E-state index in [0.717, 1.165) is 15.7 Å². The maximum atomic E-state index is 9.52. The largest absolute Gasteiger partial charge is 0.395 e. The average Bonchev–Trinajstić information content (AvgIpc) is 2.26. The highest BCUT2D eigenvalue weighted by Crippen LogP contribution is 2.30. The van der Waals surface area contributed by atoms with Gasteiger partial charge in [0.15, 0.2) is 0 Å². The molecule has 0 bridgehead atoms. The summed E-state index contributed by atoms with van der Waals surface area (Å²) >= 11 is 3.52. The molecule has 0 spiro atoms. The molecule has 0 aliphatic rings. The standard InChI is InChI=1S/C13H20BrNO2/c1-9(2)15(6-7-16)13-5-4-11(10(3)17)8-12(13)14/h4-5,8-10,16-17H,6-7H2,1-3H3. The first-order valence-electron chi connectivity index (χ1n) is 5.82. The van der Waals surface area contributed by atoms with Crippen LogP contribution in [0.15, 0.2) is 22.7 Å². The van der Waals surface area contributed by atoms with Gasteiger partial charge in [-0.1, -0.05) is 6.07 Å². The van der Waals surface area contributed by atoms with Crippen molar-refractivity contribution in [1.29, 1.82) is 0 Å².